The summed E-state index contributed by atoms with van der Waals surface area (Å²) in [7, 11) is -4.12. The molecule has 140 valence electrons. The highest BCUT2D eigenvalue weighted by molar-refractivity contribution is 7.92. The van der Waals surface area contributed by atoms with Gasteiger partial charge in [0.2, 0.25) is 0 Å². The third-order valence-electron chi connectivity index (χ3n) is 5.08. The lowest BCUT2D eigenvalue weighted by Crippen LogP contribution is -2.54. The van der Waals surface area contributed by atoms with Gasteiger partial charge in [0.05, 0.1) is 16.4 Å². The fraction of sp³-hybridized carbons (Fsp3) is 0.250. The first-order chi connectivity index (χ1) is 12.7. The summed E-state index contributed by atoms with van der Waals surface area (Å²) in [5, 5.41) is 9.92. The summed E-state index contributed by atoms with van der Waals surface area (Å²) in [6, 6.07) is 10.4. The first-order valence-electron chi connectivity index (χ1n) is 8.18. The average Bonchev–Trinajstić information content (AvgIpc) is 2.60. The van der Waals surface area contributed by atoms with Crippen LogP contribution in [0.2, 0.25) is 5.02 Å². The maximum Gasteiger partial charge on any atom is 0.188 e. The quantitative estimate of drug-likeness (QED) is 0.642. The maximum absolute atomic E-state index is 14.6. The van der Waals surface area contributed by atoms with Gasteiger partial charge in [-0.05, 0) is 61.7 Å². The Labute approximate surface area is 161 Å². The molecule has 2 aromatic rings. The monoisotopic (exact) mass is 407 g/mol. The van der Waals surface area contributed by atoms with Crippen LogP contribution in [0.4, 0.5) is 8.78 Å². The Morgan fingerprint density at radius 1 is 1.19 bits per heavy atom. The van der Waals surface area contributed by atoms with E-state index in [0.717, 1.165) is 18.2 Å². The van der Waals surface area contributed by atoms with Gasteiger partial charge >= 0.3 is 0 Å². The van der Waals surface area contributed by atoms with Crippen LogP contribution in [-0.2, 0) is 14.6 Å². The molecule has 1 fully saturated rings. The molecule has 0 N–H and O–H groups in total. The van der Waals surface area contributed by atoms with Gasteiger partial charge in [0, 0.05) is 10.6 Å². The summed E-state index contributed by atoms with van der Waals surface area (Å²) in [4.78, 5) is -0.0549. The normalized spacial score (nSPS) is 24.7. The Hall–Kier alpha value is -2.23. The van der Waals surface area contributed by atoms with E-state index in [9.17, 15) is 22.5 Å². The Bertz CT molecular complexity index is 1040. The Morgan fingerprint density at radius 3 is 2.37 bits per heavy atom. The van der Waals surface area contributed by atoms with E-state index in [0.29, 0.717) is 5.02 Å². The number of nitriles is 1. The highest BCUT2D eigenvalue weighted by Gasteiger charge is 2.63. The van der Waals surface area contributed by atoms with Crippen LogP contribution >= 0.6 is 11.6 Å². The first kappa shape index (κ1) is 19.5. The van der Waals surface area contributed by atoms with Gasteiger partial charge in [-0.1, -0.05) is 17.7 Å². The Morgan fingerprint density at radius 2 is 1.81 bits per heavy atom. The second kappa shape index (κ2) is 6.74. The summed E-state index contributed by atoms with van der Waals surface area (Å²) >= 11 is 5.84. The van der Waals surface area contributed by atoms with Gasteiger partial charge in [-0.25, -0.2) is 17.2 Å². The summed E-state index contributed by atoms with van der Waals surface area (Å²) < 4.78 is 53.6. The van der Waals surface area contributed by atoms with Gasteiger partial charge < -0.3 is 0 Å². The third-order valence-corrected chi connectivity index (χ3v) is 7.76. The average molecular weight is 408 g/mol. The van der Waals surface area contributed by atoms with Crippen molar-refractivity contribution in [1.82, 2.24) is 0 Å². The molecule has 1 saturated carbocycles. The lowest BCUT2D eigenvalue weighted by Gasteiger charge is -2.51. The zero-order valence-corrected chi connectivity index (χ0v) is 15.8. The topological polar surface area (TPSA) is 57.9 Å². The molecule has 3 nitrogen and oxygen atoms in total. The molecule has 0 spiro atoms. The predicted octanol–water partition coefficient (Wildman–Crippen LogP) is 5.17. The minimum Gasteiger partial charge on any atom is -0.223 e. The van der Waals surface area contributed by atoms with E-state index in [1.165, 1.54) is 30.3 Å². The van der Waals surface area contributed by atoms with Crippen molar-refractivity contribution in [1.29, 1.82) is 5.26 Å². The van der Waals surface area contributed by atoms with Crippen molar-refractivity contribution in [3.63, 3.8) is 0 Å². The van der Waals surface area contributed by atoms with Crippen LogP contribution in [0.5, 0.6) is 0 Å². The summed E-state index contributed by atoms with van der Waals surface area (Å²) in [5.74, 6) is -1.56. The van der Waals surface area contributed by atoms with Gasteiger partial charge in [-0.15, -0.1) is 6.58 Å². The summed E-state index contributed by atoms with van der Waals surface area (Å²) in [5.41, 5.74) is -1.24. The molecular formula is C20H16ClF2NO2S. The minimum atomic E-state index is -4.12. The zero-order chi connectivity index (χ0) is 19.9. The highest BCUT2D eigenvalue weighted by Crippen LogP contribution is 2.62. The largest absolute Gasteiger partial charge is 0.223 e. The molecule has 3 rings (SSSR count). The van der Waals surface area contributed by atoms with E-state index in [2.05, 4.69) is 12.6 Å². The Kier molecular flexibility index (Phi) is 4.87. The second-order valence-corrected chi connectivity index (χ2v) is 9.51. The SMILES string of the molecule is C=CC[C@]1(C#N)C[C@@](c2cc(F)ccc2F)(S(=O)(=O)c2ccc(Cl)cc2)C1. The van der Waals surface area contributed by atoms with E-state index in [-0.39, 0.29) is 29.7 Å². The zero-order valence-electron chi connectivity index (χ0n) is 14.3. The van der Waals surface area contributed by atoms with Crippen LogP contribution in [0.25, 0.3) is 0 Å². The van der Waals surface area contributed by atoms with E-state index < -0.39 is 31.6 Å². The van der Waals surface area contributed by atoms with E-state index in [1.807, 2.05) is 0 Å². The molecule has 0 unspecified atom stereocenters. The third kappa shape index (κ3) is 3.05. The van der Waals surface area contributed by atoms with Crippen LogP contribution in [0.15, 0.2) is 60.0 Å². The smallest absolute Gasteiger partial charge is 0.188 e. The number of hydrogen-bond donors (Lipinski definition) is 0. The van der Waals surface area contributed by atoms with Gasteiger partial charge in [-0.3, -0.25) is 0 Å². The summed E-state index contributed by atoms with van der Waals surface area (Å²) in [6.07, 6.45) is 1.50. The standard InChI is InChI=1S/C20H16ClF2NO2S/c1-2-9-19(13-24)11-20(12-19,17-10-15(22)5-8-18(17)23)27(25,26)16-6-3-14(21)4-7-16/h2-8,10H,1,9,11-12H2/t19-,20+. The molecular weight excluding hydrogens is 392 g/mol. The maximum atomic E-state index is 14.6. The van der Waals surface area contributed by atoms with Gasteiger partial charge in [0.25, 0.3) is 0 Å². The number of sulfone groups is 1. The fourth-order valence-electron chi connectivity index (χ4n) is 3.80. The first-order valence-corrected chi connectivity index (χ1v) is 10.0. The predicted molar refractivity (Wildman–Crippen MR) is 98.8 cm³/mol. The van der Waals surface area contributed by atoms with Crippen LogP contribution < -0.4 is 0 Å². The van der Waals surface area contributed by atoms with Crippen LogP contribution in [0.1, 0.15) is 24.8 Å². The van der Waals surface area contributed by atoms with Crippen LogP contribution in [0.3, 0.4) is 0 Å². The highest BCUT2D eigenvalue weighted by atomic mass is 35.5. The number of benzene rings is 2. The summed E-state index contributed by atoms with van der Waals surface area (Å²) in [6.45, 7) is 3.61. The van der Waals surface area contributed by atoms with Crippen molar-refractivity contribution in [3.05, 3.63) is 77.3 Å². The van der Waals surface area contributed by atoms with Crippen molar-refractivity contribution in [2.45, 2.75) is 28.9 Å². The molecule has 0 bridgehead atoms. The molecule has 1 aliphatic carbocycles. The fourth-order valence-corrected chi connectivity index (χ4v) is 6.25. The molecule has 0 atom stereocenters. The van der Waals surface area contributed by atoms with Gasteiger partial charge in [-0.2, -0.15) is 5.26 Å². The molecule has 2 aromatic carbocycles. The van der Waals surface area contributed by atoms with Crippen molar-refractivity contribution < 1.29 is 17.2 Å². The molecule has 0 heterocycles. The number of hydrogen-bond acceptors (Lipinski definition) is 3. The van der Waals surface area contributed by atoms with Crippen LogP contribution in [-0.4, -0.2) is 8.42 Å². The number of nitrogens with zero attached hydrogens (tertiary/aromatic N) is 1. The molecule has 0 aliphatic heterocycles. The second-order valence-electron chi connectivity index (χ2n) is 6.81. The molecule has 1 aliphatic rings. The van der Waals surface area contributed by atoms with E-state index in [4.69, 9.17) is 11.6 Å². The number of halogens is 3. The molecule has 0 radical (unpaired) electrons. The lowest BCUT2D eigenvalue weighted by atomic mass is 9.58. The molecule has 27 heavy (non-hydrogen) atoms. The molecule has 0 amide bonds. The van der Waals surface area contributed by atoms with Crippen molar-refractivity contribution in [2.75, 3.05) is 0 Å². The molecule has 0 saturated heterocycles. The van der Waals surface area contributed by atoms with Gasteiger partial charge in [0.15, 0.2) is 9.84 Å². The van der Waals surface area contributed by atoms with Crippen molar-refractivity contribution in [2.24, 2.45) is 5.41 Å². The number of rotatable bonds is 5. The lowest BCUT2D eigenvalue weighted by molar-refractivity contribution is 0.137. The van der Waals surface area contributed by atoms with Crippen molar-refractivity contribution >= 4 is 21.4 Å². The molecule has 0 aromatic heterocycles. The number of allylic oxidation sites excluding steroid dienone is 1. The molecule has 7 heteroatoms. The van der Waals surface area contributed by atoms with Gasteiger partial charge in [0.1, 0.15) is 16.4 Å². The minimum absolute atomic E-state index is 0.0549. The Balaban J connectivity index is 2.21. The van der Waals surface area contributed by atoms with E-state index >= 15 is 0 Å². The van der Waals surface area contributed by atoms with Crippen LogP contribution in [0, 0.1) is 28.4 Å². The van der Waals surface area contributed by atoms with E-state index in [1.54, 1.807) is 0 Å². The van der Waals surface area contributed by atoms with Crippen molar-refractivity contribution in [3.8, 4) is 6.07 Å².